The second-order valence-electron chi connectivity index (χ2n) is 5.30. The molecular weight excluding hydrogens is 427 g/mol. The lowest BCUT2D eigenvalue weighted by Crippen LogP contribution is -2.03. The number of hydrogen-bond acceptors (Lipinski definition) is 6. The summed E-state index contributed by atoms with van der Waals surface area (Å²) < 4.78 is 25.2. The van der Waals surface area contributed by atoms with Gasteiger partial charge in [-0.15, -0.1) is 21.8 Å². The standard InChI is InChI=1S/C17H15BrClFN4O2/c1-25-15-8-11-14(9-16(15)26-6-2-5-19)22-24-23-17(11)21-10-3-4-12(18)13(20)7-10/h3-4,7-9H,2,5-6H2,1H3,(H,21,22,23). The van der Waals surface area contributed by atoms with Crippen molar-refractivity contribution in [2.75, 3.05) is 24.9 Å². The Hall–Kier alpha value is -2.19. The molecule has 0 bridgehead atoms. The number of rotatable bonds is 7. The number of benzene rings is 2. The molecule has 0 atom stereocenters. The van der Waals surface area contributed by atoms with E-state index in [0.29, 0.717) is 57.3 Å². The molecular formula is C17H15BrClFN4O2. The molecule has 26 heavy (non-hydrogen) atoms. The van der Waals surface area contributed by atoms with Gasteiger partial charge in [-0.25, -0.2) is 4.39 Å². The number of anilines is 2. The van der Waals surface area contributed by atoms with E-state index in [9.17, 15) is 4.39 Å². The van der Waals surface area contributed by atoms with Crippen molar-refractivity contribution < 1.29 is 13.9 Å². The lowest BCUT2D eigenvalue weighted by molar-refractivity contribution is 0.295. The fourth-order valence-corrected chi connectivity index (χ4v) is 2.66. The SMILES string of the molecule is COc1cc2c(Nc3ccc(Br)c(F)c3)nnnc2cc1OCCCCl. The van der Waals surface area contributed by atoms with Crippen LogP contribution < -0.4 is 14.8 Å². The minimum absolute atomic E-state index is 0.381. The fourth-order valence-electron chi connectivity index (χ4n) is 2.30. The molecule has 136 valence electrons. The van der Waals surface area contributed by atoms with Gasteiger partial charge in [0.25, 0.3) is 0 Å². The number of nitrogens with one attached hydrogen (secondary N) is 1. The third kappa shape index (κ3) is 4.13. The van der Waals surface area contributed by atoms with Crippen molar-refractivity contribution in [1.82, 2.24) is 15.4 Å². The Balaban J connectivity index is 1.97. The van der Waals surface area contributed by atoms with Crippen molar-refractivity contribution in [3.05, 3.63) is 40.6 Å². The van der Waals surface area contributed by atoms with E-state index in [0.717, 1.165) is 0 Å². The van der Waals surface area contributed by atoms with Crippen LogP contribution in [0.25, 0.3) is 10.9 Å². The van der Waals surface area contributed by atoms with Crippen LogP contribution in [-0.2, 0) is 0 Å². The van der Waals surface area contributed by atoms with Gasteiger partial charge in [-0.2, -0.15) is 0 Å². The molecule has 0 spiro atoms. The van der Waals surface area contributed by atoms with E-state index >= 15 is 0 Å². The van der Waals surface area contributed by atoms with E-state index in [4.69, 9.17) is 21.1 Å². The van der Waals surface area contributed by atoms with Gasteiger partial charge >= 0.3 is 0 Å². The monoisotopic (exact) mass is 440 g/mol. The first kappa shape index (κ1) is 18.6. The van der Waals surface area contributed by atoms with Gasteiger partial charge in [0.15, 0.2) is 17.3 Å². The maximum absolute atomic E-state index is 13.7. The fraction of sp³-hybridized carbons (Fsp3) is 0.235. The Labute approximate surface area is 162 Å². The lowest BCUT2D eigenvalue weighted by atomic mass is 10.2. The van der Waals surface area contributed by atoms with Crippen molar-refractivity contribution in [3.8, 4) is 11.5 Å². The summed E-state index contributed by atoms with van der Waals surface area (Å²) in [6.45, 7) is 0.465. The van der Waals surface area contributed by atoms with E-state index in [-0.39, 0.29) is 5.82 Å². The smallest absolute Gasteiger partial charge is 0.164 e. The number of ether oxygens (including phenoxy) is 2. The molecule has 0 saturated heterocycles. The number of methoxy groups -OCH3 is 1. The molecule has 2 aromatic carbocycles. The molecule has 3 rings (SSSR count). The maximum Gasteiger partial charge on any atom is 0.164 e. The van der Waals surface area contributed by atoms with Crippen molar-refractivity contribution in [2.45, 2.75) is 6.42 Å². The second-order valence-corrected chi connectivity index (χ2v) is 6.54. The lowest BCUT2D eigenvalue weighted by Gasteiger charge is -2.13. The Morgan fingerprint density at radius 1 is 1.19 bits per heavy atom. The summed E-state index contributed by atoms with van der Waals surface area (Å²) in [5.74, 6) is 1.65. The van der Waals surface area contributed by atoms with Gasteiger partial charge in [-0.05, 0) is 51.8 Å². The van der Waals surface area contributed by atoms with E-state index < -0.39 is 0 Å². The Bertz CT molecular complexity index is 929. The van der Waals surface area contributed by atoms with Crippen LogP contribution in [0.4, 0.5) is 15.9 Å². The quantitative estimate of drug-likeness (QED) is 0.424. The first-order valence-electron chi connectivity index (χ1n) is 7.74. The maximum atomic E-state index is 13.7. The first-order chi connectivity index (χ1) is 12.6. The second kappa shape index (κ2) is 8.46. The number of halogens is 3. The van der Waals surface area contributed by atoms with Crippen LogP contribution >= 0.6 is 27.5 Å². The Morgan fingerprint density at radius 3 is 2.77 bits per heavy atom. The highest BCUT2D eigenvalue weighted by Crippen LogP contribution is 2.34. The van der Waals surface area contributed by atoms with Crippen molar-refractivity contribution in [3.63, 3.8) is 0 Å². The molecule has 3 aromatic rings. The minimum atomic E-state index is -0.381. The molecule has 0 amide bonds. The van der Waals surface area contributed by atoms with Crippen LogP contribution in [0.5, 0.6) is 11.5 Å². The number of hydrogen-bond donors (Lipinski definition) is 1. The van der Waals surface area contributed by atoms with Crippen LogP contribution in [0.1, 0.15) is 6.42 Å². The number of nitrogens with zero attached hydrogens (tertiary/aromatic N) is 3. The Kier molecular flexibility index (Phi) is 6.05. The van der Waals surface area contributed by atoms with Crippen LogP contribution in [-0.4, -0.2) is 35.0 Å². The molecule has 0 aliphatic rings. The summed E-state index contributed by atoms with van der Waals surface area (Å²) in [5.41, 5.74) is 1.11. The molecule has 9 heteroatoms. The van der Waals surface area contributed by atoms with E-state index in [1.807, 2.05) is 0 Å². The predicted molar refractivity (Wildman–Crippen MR) is 102 cm³/mol. The van der Waals surface area contributed by atoms with Gasteiger partial charge in [-0.1, -0.05) is 0 Å². The number of alkyl halides is 1. The molecule has 1 heterocycles. The van der Waals surface area contributed by atoms with Crippen LogP contribution in [0.15, 0.2) is 34.8 Å². The van der Waals surface area contributed by atoms with Gasteiger partial charge in [0.05, 0.1) is 23.6 Å². The van der Waals surface area contributed by atoms with Crippen LogP contribution in [0.3, 0.4) is 0 Å². The summed E-state index contributed by atoms with van der Waals surface area (Å²) in [6, 6.07) is 8.17. The Morgan fingerprint density at radius 2 is 2.04 bits per heavy atom. The zero-order valence-corrected chi connectivity index (χ0v) is 16.1. The summed E-state index contributed by atoms with van der Waals surface area (Å²) >= 11 is 8.80. The van der Waals surface area contributed by atoms with E-state index in [2.05, 4.69) is 36.7 Å². The summed E-state index contributed by atoms with van der Waals surface area (Å²) in [6.07, 6.45) is 0.715. The topological polar surface area (TPSA) is 69.2 Å². The highest BCUT2D eigenvalue weighted by atomic mass is 79.9. The van der Waals surface area contributed by atoms with Gasteiger partial charge in [0.2, 0.25) is 0 Å². The highest BCUT2D eigenvalue weighted by molar-refractivity contribution is 9.10. The molecule has 1 N–H and O–H groups in total. The van der Waals surface area contributed by atoms with Crippen molar-refractivity contribution >= 4 is 49.9 Å². The van der Waals surface area contributed by atoms with E-state index in [1.54, 1.807) is 31.4 Å². The summed E-state index contributed by atoms with van der Waals surface area (Å²) in [5, 5.41) is 15.5. The van der Waals surface area contributed by atoms with Crippen LogP contribution in [0.2, 0.25) is 0 Å². The number of fused-ring (bicyclic) bond motifs is 1. The average Bonchev–Trinajstić information content (AvgIpc) is 2.64. The van der Waals surface area contributed by atoms with Gasteiger partial charge < -0.3 is 14.8 Å². The van der Waals surface area contributed by atoms with Crippen molar-refractivity contribution in [1.29, 1.82) is 0 Å². The molecule has 1 aromatic heterocycles. The molecule has 0 fully saturated rings. The molecule has 0 unspecified atom stereocenters. The third-order valence-electron chi connectivity index (χ3n) is 3.55. The van der Waals surface area contributed by atoms with Crippen LogP contribution in [0, 0.1) is 5.82 Å². The van der Waals surface area contributed by atoms with E-state index in [1.165, 1.54) is 6.07 Å². The zero-order valence-electron chi connectivity index (χ0n) is 13.8. The highest BCUT2D eigenvalue weighted by Gasteiger charge is 2.13. The van der Waals surface area contributed by atoms with Crippen molar-refractivity contribution in [2.24, 2.45) is 0 Å². The third-order valence-corrected chi connectivity index (χ3v) is 4.46. The molecule has 0 aliphatic heterocycles. The minimum Gasteiger partial charge on any atom is -0.493 e. The average molecular weight is 442 g/mol. The first-order valence-corrected chi connectivity index (χ1v) is 9.07. The van der Waals surface area contributed by atoms with Gasteiger partial charge in [0, 0.05) is 17.6 Å². The molecule has 0 aliphatic carbocycles. The summed E-state index contributed by atoms with van der Waals surface area (Å²) in [7, 11) is 1.55. The van der Waals surface area contributed by atoms with Gasteiger partial charge in [0.1, 0.15) is 11.3 Å². The molecule has 0 saturated carbocycles. The zero-order chi connectivity index (χ0) is 18.5. The van der Waals surface area contributed by atoms with Gasteiger partial charge in [-0.3, -0.25) is 0 Å². The largest absolute Gasteiger partial charge is 0.493 e. The number of aromatic nitrogens is 3. The molecule has 0 radical (unpaired) electrons. The normalized spacial score (nSPS) is 10.8. The summed E-state index contributed by atoms with van der Waals surface area (Å²) in [4.78, 5) is 0. The molecule has 6 nitrogen and oxygen atoms in total. The predicted octanol–water partition coefficient (Wildman–Crippen LogP) is 4.69.